The summed E-state index contributed by atoms with van der Waals surface area (Å²) in [5.41, 5.74) is -0.00179. The number of benzene rings is 1. The van der Waals surface area contributed by atoms with E-state index < -0.39 is 11.6 Å². The molecule has 0 unspecified atom stereocenters. The number of rotatable bonds is 4. The number of hydrogen-bond acceptors (Lipinski definition) is 5. The first kappa shape index (κ1) is 12.7. The van der Waals surface area contributed by atoms with Gasteiger partial charge < -0.3 is 19.3 Å². The molecule has 0 amide bonds. The van der Waals surface area contributed by atoms with Gasteiger partial charge in [0.25, 0.3) is 0 Å². The number of esters is 1. The van der Waals surface area contributed by atoms with Crippen LogP contribution in [0.5, 0.6) is 11.5 Å². The lowest BCUT2D eigenvalue weighted by Gasteiger charge is -2.17. The van der Waals surface area contributed by atoms with E-state index in [9.17, 15) is 9.90 Å². The van der Waals surface area contributed by atoms with E-state index in [1.807, 2.05) is 0 Å². The summed E-state index contributed by atoms with van der Waals surface area (Å²) < 4.78 is 15.1. The predicted molar refractivity (Wildman–Crippen MR) is 64.0 cm³/mol. The van der Waals surface area contributed by atoms with Crippen LogP contribution in [0.4, 0.5) is 0 Å². The van der Waals surface area contributed by atoms with Gasteiger partial charge >= 0.3 is 5.97 Å². The van der Waals surface area contributed by atoms with Crippen LogP contribution in [0.15, 0.2) is 12.1 Å². The molecule has 5 heteroatoms. The summed E-state index contributed by atoms with van der Waals surface area (Å²) in [6, 6.07) is 3.14. The summed E-state index contributed by atoms with van der Waals surface area (Å²) in [7, 11) is 4.30. The van der Waals surface area contributed by atoms with Crippen molar-refractivity contribution in [3.8, 4) is 11.5 Å². The molecular formula is C13H16O5. The fraction of sp³-hybridized carbons (Fsp3) is 0.462. The lowest BCUT2D eigenvalue weighted by Crippen LogP contribution is -2.11. The number of carbonyl (C=O) groups is 1. The maximum atomic E-state index is 11.6. The van der Waals surface area contributed by atoms with Crippen molar-refractivity contribution in [1.29, 1.82) is 0 Å². The van der Waals surface area contributed by atoms with Gasteiger partial charge in [0.15, 0.2) is 11.5 Å². The van der Waals surface area contributed by atoms with E-state index in [4.69, 9.17) is 9.47 Å². The Kier molecular flexibility index (Phi) is 3.17. The zero-order valence-corrected chi connectivity index (χ0v) is 10.6. The zero-order valence-electron chi connectivity index (χ0n) is 10.6. The van der Waals surface area contributed by atoms with Crippen molar-refractivity contribution in [1.82, 2.24) is 0 Å². The number of hydrogen-bond donors (Lipinski definition) is 1. The van der Waals surface area contributed by atoms with Crippen LogP contribution in [-0.4, -0.2) is 32.4 Å². The fourth-order valence-electron chi connectivity index (χ4n) is 1.93. The SMILES string of the molecule is COC(=O)c1cc(OC)c(OC)c(C2(O)CC2)c1. The number of aliphatic hydroxyl groups is 1. The van der Waals surface area contributed by atoms with E-state index in [2.05, 4.69) is 4.74 Å². The Hall–Kier alpha value is -1.75. The van der Waals surface area contributed by atoms with Gasteiger partial charge in [-0.05, 0) is 25.0 Å². The number of carbonyl (C=O) groups excluding carboxylic acids is 1. The van der Waals surface area contributed by atoms with Gasteiger partial charge in [-0.2, -0.15) is 0 Å². The first-order valence-electron chi connectivity index (χ1n) is 5.63. The first-order chi connectivity index (χ1) is 8.55. The summed E-state index contributed by atoms with van der Waals surface area (Å²) >= 11 is 0. The average molecular weight is 252 g/mol. The van der Waals surface area contributed by atoms with Gasteiger partial charge in [-0.25, -0.2) is 4.79 Å². The quantitative estimate of drug-likeness (QED) is 0.822. The Morgan fingerprint density at radius 1 is 1.22 bits per heavy atom. The van der Waals surface area contributed by atoms with Gasteiger partial charge in [0.2, 0.25) is 0 Å². The second-order valence-electron chi connectivity index (χ2n) is 4.28. The molecule has 0 saturated heterocycles. The molecular weight excluding hydrogens is 236 g/mol. The third kappa shape index (κ3) is 2.01. The molecule has 1 fully saturated rings. The van der Waals surface area contributed by atoms with Crippen LogP contribution in [-0.2, 0) is 10.3 Å². The van der Waals surface area contributed by atoms with Crippen molar-refractivity contribution in [2.24, 2.45) is 0 Å². The molecule has 1 aromatic rings. The third-order valence-electron chi connectivity index (χ3n) is 3.12. The molecule has 1 aliphatic carbocycles. The molecule has 0 atom stereocenters. The number of methoxy groups -OCH3 is 3. The van der Waals surface area contributed by atoms with Gasteiger partial charge in [-0.15, -0.1) is 0 Å². The standard InChI is InChI=1S/C13H16O5/c1-16-10-7-8(12(14)18-3)6-9(11(10)17-2)13(15)4-5-13/h6-7,15H,4-5H2,1-3H3. The molecule has 5 nitrogen and oxygen atoms in total. The summed E-state index contributed by atoms with van der Waals surface area (Å²) in [6.45, 7) is 0. The van der Waals surface area contributed by atoms with E-state index in [1.165, 1.54) is 21.3 Å². The van der Waals surface area contributed by atoms with Gasteiger partial charge in [0.1, 0.15) is 0 Å². The van der Waals surface area contributed by atoms with Gasteiger partial charge in [-0.3, -0.25) is 0 Å². The summed E-state index contributed by atoms with van der Waals surface area (Å²) in [6.07, 6.45) is 1.30. The Balaban J connectivity index is 2.57. The molecule has 1 saturated carbocycles. The summed E-state index contributed by atoms with van der Waals surface area (Å²) in [5.74, 6) is 0.405. The Morgan fingerprint density at radius 2 is 1.89 bits per heavy atom. The normalized spacial score (nSPS) is 16.0. The van der Waals surface area contributed by atoms with Crippen molar-refractivity contribution < 1.29 is 24.1 Å². The van der Waals surface area contributed by atoms with Crippen LogP contribution in [0.3, 0.4) is 0 Å². The van der Waals surface area contributed by atoms with E-state index in [-0.39, 0.29) is 0 Å². The van der Waals surface area contributed by atoms with E-state index in [1.54, 1.807) is 12.1 Å². The minimum absolute atomic E-state index is 0.338. The highest BCUT2D eigenvalue weighted by molar-refractivity contribution is 5.90. The molecule has 0 radical (unpaired) electrons. The van der Waals surface area contributed by atoms with Crippen LogP contribution in [0.25, 0.3) is 0 Å². The second kappa shape index (κ2) is 4.49. The molecule has 1 N–H and O–H groups in total. The highest BCUT2D eigenvalue weighted by atomic mass is 16.5. The maximum absolute atomic E-state index is 11.6. The molecule has 1 aliphatic rings. The minimum atomic E-state index is -0.914. The molecule has 18 heavy (non-hydrogen) atoms. The van der Waals surface area contributed by atoms with Gasteiger partial charge in [0, 0.05) is 5.56 Å². The monoisotopic (exact) mass is 252 g/mol. The largest absolute Gasteiger partial charge is 0.493 e. The van der Waals surface area contributed by atoms with Crippen molar-refractivity contribution in [3.05, 3.63) is 23.3 Å². The second-order valence-corrected chi connectivity index (χ2v) is 4.28. The third-order valence-corrected chi connectivity index (χ3v) is 3.12. The molecule has 1 aromatic carbocycles. The molecule has 0 aromatic heterocycles. The molecule has 0 bridgehead atoms. The van der Waals surface area contributed by atoms with Crippen LogP contribution in [0.2, 0.25) is 0 Å². The van der Waals surface area contributed by atoms with Crippen molar-refractivity contribution >= 4 is 5.97 Å². The maximum Gasteiger partial charge on any atom is 0.337 e. The zero-order chi connectivity index (χ0) is 13.3. The van der Waals surface area contributed by atoms with Crippen molar-refractivity contribution in [3.63, 3.8) is 0 Å². The Bertz CT molecular complexity index is 477. The average Bonchev–Trinajstić information content (AvgIpc) is 3.15. The highest BCUT2D eigenvalue weighted by Crippen LogP contribution is 2.51. The minimum Gasteiger partial charge on any atom is -0.493 e. The van der Waals surface area contributed by atoms with Gasteiger partial charge in [-0.1, -0.05) is 0 Å². The van der Waals surface area contributed by atoms with Crippen molar-refractivity contribution in [2.75, 3.05) is 21.3 Å². The van der Waals surface area contributed by atoms with Crippen LogP contribution in [0.1, 0.15) is 28.8 Å². The van der Waals surface area contributed by atoms with E-state index in [0.717, 1.165) is 0 Å². The van der Waals surface area contributed by atoms with Crippen LogP contribution >= 0.6 is 0 Å². The summed E-state index contributed by atoms with van der Waals surface area (Å²) in [5, 5.41) is 10.2. The molecule has 98 valence electrons. The van der Waals surface area contributed by atoms with E-state index >= 15 is 0 Å². The van der Waals surface area contributed by atoms with Crippen LogP contribution < -0.4 is 9.47 Å². The Morgan fingerprint density at radius 3 is 2.33 bits per heavy atom. The van der Waals surface area contributed by atoms with Crippen molar-refractivity contribution in [2.45, 2.75) is 18.4 Å². The Labute approximate surface area is 105 Å². The number of ether oxygens (including phenoxy) is 3. The van der Waals surface area contributed by atoms with E-state index in [0.29, 0.717) is 35.5 Å². The lowest BCUT2D eigenvalue weighted by molar-refractivity contribution is 0.0599. The summed E-state index contributed by atoms with van der Waals surface area (Å²) in [4.78, 5) is 11.6. The molecule has 0 aliphatic heterocycles. The molecule has 0 spiro atoms. The first-order valence-corrected chi connectivity index (χ1v) is 5.63. The predicted octanol–water partition coefficient (Wildman–Crippen LogP) is 1.47. The topological polar surface area (TPSA) is 65.0 Å². The molecule has 2 rings (SSSR count). The van der Waals surface area contributed by atoms with Crippen LogP contribution in [0, 0.1) is 0 Å². The smallest absolute Gasteiger partial charge is 0.337 e. The van der Waals surface area contributed by atoms with Gasteiger partial charge in [0.05, 0.1) is 32.5 Å². The molecule has 0 heterocycles. The highest BCUT2D eigenvalue weighted by Gasteiger charge is 2.45. The lowest BCUT2D eigenvalue weighted by atomic mass is 10.0. The fourth-order valence-corrected chi connectivity index (χ4v) is 1.93.